The maximum atomic E-state index is 12.9. The van der Waals surface area contributed by atoms with E-state index in [9.17, 15) is 4.79 Å². The second-order valence-electron chi connectivity index (χ2n) is 6.50. The zero-order valence-electron chi connectivity index (χ0n) is 14.0. The summed E-state index contributed by atoms with van der Waals surface area (Å²) in [5.74, 6) is 0.562. The highest BCUT2D eigenvalue weighted by Crippen LogP contribution is 2.23. The van der Waals surface area contributed by atoms with Crippen LogP contribution in [0, 0.1) is 0 Å². The molecule has 1 fully saturated rings. The van der Waals surface area contributed by atoms with Crippen molar-refractivity contribution in [1.29, 1.82) is 0 Å². The first-order valence-corrected chi connectivity index (χ1v) is 8.71. The molecule has 0 spiro atoms. The Balaban J connectivity index is 1.39. The van der Waals surface area contributed by atoms with Crippen molar-refractivity contribution in [1.82, 2.24) is 15.1 Å². The van der Waals surface area contributed by atoms with E-state index < -0.39 is 6.10 Å². The van der Waals surface area contributed by atoms with Crippen LogP contribution in [-0.2, 0) is 22.6 Å². The summed E-state index contributed by atoms with van der Waals surface area (Å²) in [6.45, 7) is 1.82. The van der Waals surface area contributed by atoms with Crippen LogP contribution in [0.3, 0.4) is 0 Å². The average molecular weight is 339 g/mol. The lowest BCUT2D eigenvalue weighted by atomic mass is 9.98. The quantitative estimate of drug-likeness (QED) is 0.856. The molecule has 1 saturated heterocycles. The third-order valence-electron chi connectivity index (χ3n) is 4.76. The molecular formula is C19H21N3O3. The highest BCUT2D eigenvalue weighted by molar-refractivity contribution is 5.81. The van der Waals surface area contributed by atoms with E-state index in [0.717, 1.165) is 19.4 Å². The van der Waals surface area contributed by atoms with E-state index in [-0.39, 0.29) is 12.0 Å². The minimum Gasteiger partial charge on any atom is -0.471 e. The molecule has 2 aromatic rings. The molecule has 0 saturated carbocycles. The van der Waals surface area contributed by atoms with Gasteiger partial charge in [-0.25, -0.2) is 0 Å². The first-order chi connectivity index (χ1) is 12.3. The Morgan fingerprint density at radius 1 is 1.20 bits per heavy atom. The number of carbonyl (C=O) groups is 1. The molecule has 4 rings (SSSR count). The first-order valence-electron chi connectivity index (χ1n) is 8.71. The van der Waals surface area contributed by atoms with Gasteiger partial charge >= 0.3 is 0 Å². The maximum absolute atomic E-state index is 12.9. The molecule has 0 aliphatic carbocycles. The number of nitrogens with zero attached hydrogens (tertiary/aromatic N) is 3. The Labute approximate surface area is 146 Å². The van der Waals surface area contributed by atoms with Crippen LogP contribution in [0.15, 0.2) is 42.6 Å². The van der Waals surface area contributed by atoms with E-state index in [2.05, 4.69) is 22.3 Å². The summed E-state index contributed by atoms with van der Waals surface area (Å²) >= 11 is 0. The minimum absolute atomic E-state index is 0.0507. The van der Waals surface area contributed by atoms with Crippen LogP contribution in [0.25, 0.3) is 0 Å². The number of hydrogen-bond donors (Lipinski definition) is 0. The molecule has 0 bridgehead atoms. The molecule has 2 aliphatic rings. The Morgan fingerprint density at radius 2 is 2.08 bits per heavy atom. The van der Waals surface area contributed by atoms with Crippen LogP contribution in [0.1, 0.15) is 24.0 Å². The number of benzene rings is 1. The van der Waals surface area contributed by atoms with Crippen LogP contribution in [0.5, 0.6) is 5.88 Å². The van der Waals surface area contributed by atoms with Gasteiger partial charge < -0.3 is 14.4 Å². The Hall–Kier alpha value is -2.47. The topological polar surface area (TPSA) is 64.5 Å². The predicted molar refractivity (Wildman–Crippen MR) is 91.0 cm³/mol. The SMILES string of the molecule is O=C([C@H]1Cc2ccccc2CO1)N1CCC[C@@H](Oc2cccnn2)C1. The fraction of sp³-hybridized carbons (Fsp3) is 0.421. The standard InChI is InChI=1S/C19H21N3O3/c23-19(17-11-14-5-1-2-6-15(14)13-24-17)22-10-4-7-16(12-22)25-18-8-3-9-20-21-18/h1-3,5-6,8-9,16-17H,4,7,10-13H2/t16-,17-/m1/s1. The molecule has 130 valence electrons. The number of fused-ring (bicyclic) bond motifs is 1. The third kappa shape index (κ3) is 3.64. The van der Waals surface area contributed by atoms with E-state index >= 15 is 0 Å². The monoisotopic (exact) mass is 339 g/mol. The van der Waals surface area contributed by atoms with E-state index in [1.54, 1.807) is 18.3 Å². The molecule has 0 radical (unpaired) electrons. The summed E-state index contributed by atoms with van der Waals surface area (Å²) in [7, 11) is 0. The van der Waals surface area contributed by atoms with Crippen molar-refractivity contribution in [3.8, 4) is 5.88 Å². The van der Waals surface area contributed by atoms with Gasteiger partial charge in [-0.1, -0.05) is 24.3 Å². The van der Waals surface area contributed by atoms with Crippen molar-refractivity contribution in [2.75, 3.05) is 13.1 Å². The molecular weight excluding hydrogens is 318 g/mol. The van der Waals surface area contributed by atoms with Gasteiger partial charge in [-0.15, -0.1) is 5.10 Å². The second-order valence-corrected chi connectivity index (χ2v) is 6.50. The number of amides is 1. The van der Waals surface area contributed by atoms with E-state index in [4.69, 9.17) is 9.47 Å². The van der Waals surface area contributed by atoms with Gasteiger partial charge in [0, 0.05) is 25.2 Å². The minimum atomic E-state index is -0.398. The van der Waals surface area contributed by atoms with Crippen molar-refractivity contribution in [2.45, 2.75) is 38.1 Å². The van der Waals surface area contributed by atoms with Gasteiger partial charge in [-0.2, -0.15) is 5.10 Å². The number of carbonyl (C=O) groups excluding carboxylic acids is 1. The average Bonchev–Trinajstić information content (AvgIpc) is 2.68. The zero-order chi connectivity index (χ0) is 17.1. The van der Waals surface area contributed by atoms with Gasteiger partial charge in [-0.3, -0.25) is 4.79 Å². The first kappa shape index (κ1) is 16.0. The summed E-state index contributed by atoms with van der Waals surface area (Å²) in [6, 6.07) is 11.7. The molecule has 0 N–H and O–H groups in total. The summed E-state index contributed by atoms with van der Waals surface area (Å²) in [5.41, 5.74) is 2.38. The lowest BCUT2D eigenvalue weighted by Crippen LogP contribution is -2.49. The number of ether oxygens (including phenoxy) is 2. The fourth-order valence-electron chi connectivity index (χ4n) is 3.46. The molecule has 1 aromatic carbocycles. The summed E-state index contributed by atoms with van der Waals surface area (Å²) in [6.07, 6.45) is 3.63. The lowest BCUT2D eigenvalue weighted by molar-refractivity contribution is -0.148. The second kappa shape index (κ2) is 7.19. The number of hydrogen-bond acceptors (Lipinski definition) is 5. The Morgan fingerprint density at radius 3 is 2.92 bits per heavy atom. The van der Waals surface area contributed by atoms with Crippen molar-refractivity contribution < 1.29 is 14.3 Å². The fourth-order valence-corrected chi connectivity index (χ4v) is 3.46. The van der Waals surface area contributed by atoms with E-state index in [0.29, 0.717) is 25.5 Å². The van der Waals surface area contributed by atoms with Crippen LogP contribution in [0.2, 0.25) is 0 Å². The molecule has 3 heterocycles. The summed E-state index contributed by atoms with van der Waals surface area (Å²) in [4.78, 5) is 14.7. The van der Waals surface area contributed by atoms with Crippen molar-refractivity contribution in [3.05, 3.63) is 53.7 Å². The summed E-state index contributed by atoms with van der Waals surface area (Å²) in [5, 5.41) is 7.78. The molecule has 25 heavy (non-hydrogen) atoms. The smallest absolute Gasteiger partial charge is 0.252 e. The number of piperidine rings is 1. The molecule has 6 heteroatoms. The van der Waals surface area contributed by atoms with Gasteiger partial charge in [0.2, 0.25) is 5.88 Å². The molecule has 2 atom stereocenters. The van der Waals surface area contributed by atoms with Crippen molar-refractivity contribution >= 4 is 5.91 Å². The van der Waals surface area contributed by atoms with Gasteiger partial charge in [-0.05, 0) is 30.0 Å². The van der Waals surface area contributed by atoms with E-state index in [1.807, 2.05) is 17.0 Å². The number of rotatable bonds is 3. The van der Waals surface area contributed by atoms with Crippen molar-refractivity contribution in [2.24, 2.45) is 0 Å². The largest absolute Gasteiger partial charge is 0.471 e. The predicted octanol–water partition coefficient (Wildman–Crippen LogP) is 1.99. The third-order valence-corrected chi connectivity index (χ3v) is 4.76. The van der Waals surface area contributed by atoms with Crippen LogP contribution >= 0.6 is 0 Å². The van der Waals surface area contributed by atoms with Gasteiger partial charge in [0.1, 0.15) is 12.2 Å². The van der Waals surface area contributed by atoms with Gasteiger partial charge in [0.15, 0.2) is 0 Å². The number of likely N-dealkylation sites (tertiary alicyclic amines) is 1. The van der Waals surface area contributed by atoms with Crippen LogP contribution < -0.4 is 4.74 Å². The molecule has 1 aromatic heterocycles. The lowest BCUT2D eigenvalue weighted by Gasteiger charge is -2.35. The molecule has 1 amide bonds. The van der Waals surface area contributed by atoms with Crippen LogP contribution in [0.4, 0.5) is 0 Å². The maximum Gasteiger partial charge on any atom is 0.252 e. The van der Waals surface area contributed by atoms with Crippen molar-refractivity contribution in [3.63, 3.8) is 0 Å². The zero-order valence-corrected chi connectivity index (χ0v) is 14.0. The number of aromatic nitrogens is 2. The Bertz CT molecular complexity index is 738. The molecule has 6 nitrogen and oxygen atoms in total. The van der Waals surface area contributed by atoms with Gasteiger partial charge in [0.25, 0.3) is 5.91 Å². The highest BCUT2D eigenvalue weighted by Gasteiger charge is 2.32. The van der Waals surface area contributed by atoms with E-state index in [1.165, 1.54) is 11.1 Å². The Kier molecular flexibility index (Phi) is 4.61. The van der Waals surface area contributed by atoms with Gasteiger partial charge in [0.05, 0.1) is 13.2 Å². The normalized spacial score (nSPS) is 23.0. The molecule has 0 unspecified atom stereocenters. The van der Waals surface area contributed by atoms with Crippen LogP contribution in [-0.4, -0.2) is 46.3 Å². The summed E-state index contributed by atoms with van der Waals surface area (Å²) < 4.78 is 11.7. The molecule has 2 aliphatic heterocycles. The highest BCUT2D eigenvalue weighted by atomic mass is 16.5.